The van der Waals surface area contributed by atoms with Gasteiger partial charge in [0.1, 0.15) is 0 Å². The second-order valence-electron chi connectivity index (χ2n) is 4.71. The number of aliphatic carboxylic acids is 1. The molecule has 2 aromatic heterocycles. The first-order chi connectivity index (χ1) is 9.49. The smallest absolute Gasteiger partial charge is 0.305 e. The van der Waals surface area contributed by atoms with Crippen molar-refractivity contribution in [3.63, 3.8) is 0 Å². The first-order valence-corrected chi connectivity index (χ1v) is 7.30. The lowest BCUT2D eigenvalue weighted by molar-refractivity contribution is -0.137. The molecule has 0 saturated carbocycles. The molecule has 0 aliphatic carbocycles. The van der Waals surface area contributed by atoms with E-state index < -0.39 is 5.97 Å². The van der Waals surface area contributed by atoms with Gasteiger partial charge in [0.25, 0.3) is 0 Å². The zero-order valence-electron chi connectivity index (χ0n) is 11.4. The van der Waals surface area contributed by atoms with Crippen molar-refractivity contribution in [1.82, 2.24) is 14.7 Å². The van der Waals surface area contributed by atoms with Gasteiger partial charge >= 0.3 is 5.97 Å². The fourth-order valence-electron chi connectivity index (χ4n) is 2.02. The summed E-state index contributed by atoms with van der Waals surface area (Å²) in [4.78, 5) is 27.9. The molecule has 0 aliphatic heterocycles. The first-order valence-electron chi connectivity index (χ1n) is 6.42. The first kappa shape index (κ1) is 14.5. The Morgan fingerprint density at radius 1 is 1.55 bits per heavy atom. The Labute approximate surface area is 120 Å². The molecule has 2 aromatic rings. The van der Waals surface area contributed by atoms with E-state index in [-0.39, 0.29) is 24.8 Å². The fraction of sp³-hybridized carbons (Fsp3) is 0.462. The molecule has 1 unspecified atom stereocenters. The lowest BCUT2D eigenvalue weighted by atomic mass is 10.1. The lowest BCUT2D eigenvalue weighted by Crippen LogP contribution is -2.37. The number of carbonyl (C=O) groups is 2. The summed E-state index contributed by atoms with van der Waals surface area (Å²) in [6, 6.07) is -0.321. The van der Waals surface area contributed by atoms with Gasteiger partial charge in [0.15, 0.2) is 4.96 Å². The number of nitrogens with one attached hydrogen (secondary N) is 1. The van der Waals surface area contributed by atoms with Gasteiger partial charge in [-0.05, 0) is 13.3 Å². The van der Waals surface area contributed by atoms with Crippen LogP contribution in [0.3, 0.4) is 0 Å². The highest BCUT2D eigenvalue weighted by Gasteiger charge is 2.16. The number of aryl methyl sites for hydroxylation is 1. The Kier molecular flexibility index (Phi) is 4.39. The number of carboxylic acid groups (broad SMARTS) is 1. The summed E-state index contributed by atoms with van der Waals surface area (Å²) < 4.78 is 1.90. The van der Waals surface area contributed by atoms with Gasteiger partial charge in [-0.3, -0.25) is 14.0 Å². The van der Waals surface area contributed by atoms with E-state index in [0.29, 0.717) is 6.42 Å². The average Bonchev–Trinajstić information content (AvgIpc) is 2.88. The molecule has 0 bridgehead atoms. The molecule has 0 aromatic carbocycles. The van der Waals surface area contributed by atoms with Crippen LogP contribution < -0.4 is 5.32 Å². The van der Waals surface area contributed by atoms with Crippen molar-refractivity contribution in [3.05, 3.63) is 23.0 Å². The molecule has 2 heterocycles. The number of carboxylic acids is 1. The van der Waals surface area contributed by atoms with Crippen molar-refractivity contribution < 1.29 is 14.7 Å². The summed E-state index contributed by atoms with van der Waals surface area (Å²) in [7, 11) is 0. The van der Waals surface area contributed by atoms with E-state index in [1.54, 1.807) is 0 Å². The van der Waals surface area contributed by atoms with Crippen molar-refractivity contribution in [3.8, 4) is 0 Å². The number of hydrogen-bond donors (Lipinski definition) is 2. The van der Waals surface area contributed by atoms with E-state index in [0.717, 1.165) is 16.3 Å². The Morgan fingerprint density at radius 2 is 2.30 bits per heavy atom. The van der Waals surface area contributed by atoms with E-state index in [4.69, 9.17) is 5.11 Å². The molecule has 0 saturated heterocycles. The fourth-order valence-corrected chi connectivity index (χ4v) is 2.94. The summed E-state index contributed by atoms with van der Waals surface area (Å²) in [5, 5.41) is 13.4. The second kappa shape index (κ2) is 6.04. The molecular weight excluding hydrogens is 278 g/mol. The minimum Gasteiger partial charge on any atom is -0.481 e. The van der Waals surface area contributed by atoms with Gasteiger partial charge in [-0.2, -0.15) is 0 Å². The van der Waals surface area contributed by atoms with Crippen LogP contribution >= 0.6 is 11.3 Å². The Bertz CT molecular complexity index is 632. The SMILES string of the molecule is CCC(CC(=O)O)NC(=O)Cc1csc2nc(C)cn12. The summed E-state index contributed by atoms with van der Waals surface area (Å²) in [6.45, 7) is 3.76. The van der Waals surface area contributed by atoms with E-state index in [1.165, 1.54) is 11.3 Å². The Hall–Kier alpha value is -1.89. The van der Waals surface area contributed by atoms with Crippen LogP contribution in [0.15, 0.2) is 11.6 Å². The summed E-state index contributed by atoms with van der Waals surface area (Å²) in [6.07, 6.45) is 2.67. The van der Waals surface area contributed by atoms with Crippen LogP contribution in [0.1, 0.15) is 31.2 Å². The van der Waals surface area contributed by atoms with Crippen molar-refractivity contribution in [2.45, 2.75) is 39.2 Å². The van der Waals surface area contributed by atoms with Gasteiger partial charge in [-0.25, -0.2) is 4.98 Å². The maximum atomic E-state index is 12.0. The normalized spacial score (nSPS) is 12.5. The number of amides is 1. The van der Waals surface area contributed by atoms with Crippen LogP contribution in [0, 0.1) is 6.92 Å². The van der Waals surface area contributed by atoms with Gasteiger partial charge in [0.2, 0.25) is 5.91 Å². The molecule has 20 heavy (non-hydrogen) atoms. The standard InChI is InChI=1S/C13H17N3O3S/c1-3-9(4-12(18)19)15-11(17)5-10-7-20-13-14-8(2)6-16(10)13/h6-7,9H,3-5H2,1-2H3,(H,15,17)(H,18,19). The van der Waals surface area contributed by atoms with Crippen molar-refractivity contribution in [1.29, 1.82) is 0 Å². The van der Waals surface area contributed by atoms with E-state index in [2.05, 4.69) is 10.3 Å². The number of imidazole rings is 1. The van der Waals surface area contributed by atoms with Crippen LogP contribution in [-0.4, -0.2) is 32.4 Å². The van der Waals surface area contributed by atoms with E-state index in [1.807, 2.05) is 29.8 Å². The zero-order chi connectivity index (χ0) is 14.7. The molecule has 108 valence electrons. The molecule has 0 radical (unpaired) electrons. The van der Waals surface area contributed by atoms with E-state index >= 15 is 0 Å². The summed E-state index contributed by atoms with van der Waals surface area (Å²) in [5.74, 6) is -1.07. The molecular formula is C13H17N3O3S. The molecule has 2 rings (SSSR count). The Morgan fingerprint density at radius 3 is 2.95 bits per heavy atom. The third kappa shape index (κ3) is 3.36. The quantitative estimate of drug-likeness (QED) is 0.848. The highest BCUT2D eigenvalue weighted by molar-refractivity contribution is 7.15. The predicted octanol–water partition coefficient (Wildman–Crippen LogP) is 1.62. The number of fused-ring (bicyclic) bond motifs is 1. The van der Waals surface area contributed by atoms with Gasteiger partial charge in [0, 0.05) is 23.3 Å². The van der Waals surface area contributed by atoms with E-state index in [9.17, 15) is 9.59 Å². The van der Waals surface area contributed by atoms with Gasteiger partial charge < -0.3 is 10.4 Å². The Balaban J connectivity index is 2.01. The van der Waals surface area contributed by atoms with Crippen LogP contribution in [0.25, 0.3) is 4.96 Å². The molecule has 6 nitrogen and oxygen atoms in total. The van der Waals surface area contributed by atoms with Crippen LogP contribution in [0.2, 0.25) is 0 Å². The molecule has 0 spiro atoms. The number of rotatable bonds is 6. The molecule has 2 N–H and O–H groups in total. The second-order valence-corrected chi connectivity index (χ2v) is 5.55. The minimum atomic E-state index is -0.902. The monoisotopic (exact) mass is 295 g/mol. The highest BCUT2D eigenvalue weighted by Crippen LogP contribution is 2.17. The van der Waals surface area contributed by atoms with Gasteiger partial charge in [-0.1, -0.05) is 6.92 Å². The molecule has 1 atom stereocenters. The van der Waals surface area contributed by atoms with Gasteiger partial charge in [-0.15, -0.1) is 11.3 Å². The van der Waals surface area contributed by atoms with Crippen molar-refractivity contribution in [2.75, 3.05) is 0 Å². The largest absolute Gasteiger partial charge is 0.481 e. The van der Waals surface area contributed by atoms with Crippen molar-refractivity contribution >= 4 is 28.2 Å². The third-order valence-corrected chi connectivity index (χ3v) is 3.91. The molecule has 0 fully saturated rings. The van der Waals surface area contributed by atoms with Crippen LogP contribution in [0.5, 0.6) is 0 Å². The van der Waals surface area contributed by atoms with Gasteiger partial charge in [0.05, 0.1) is 18.5 Å². The lowest BCUT2D eigenvalue weighted by Gasteiger charge is -2.14. The van der Waals surface area contributed by atoms with Crippen LogP contribution in [-0.2, 0) is 16.0 Å². The number of aromatic nitrogens is 2. The van der Waals surface area contributed by atoms with Crippen molar-refractivity contribution in [2.24, 2.45) is 0 Å². The third-order valence-electron chi connectivity index (χ3n) is 3.02. The average molecular weight is 295 g/mol. The minimum absolute atomic E-state index is 0.0501. The highest BCUT2D eigenvalue weighted by atomic mass is 32.1. The molecule has 1 amide bonds. The predicted molar refractivity (Wildman–Crippen MR) is 76.0 cm³/mol. The molecule has 0 aliphatic rings. The van der Waals surface area contributed by atoms with Crippen LogP contribution in [0.4, 0.5) is 0 Å². The topological polar surface area (TPSA) is 83.7 Å². The summed E-state index contributed by atoms with van der Waals surface area (Å²) in [5.41, 5.74) is 1.78. The maximum absolute atomic E-state index is 12.0. The number of nitrogens with zero attached hydrogens (tertiary/aromatic N) is 2. The summed E-state index contributed by atoms with van der Waals surface area (Å²) >= 11 is 1.49. The maximum Gasteiger partial charge on any atom is 0.305 e. The number of thiazole rings is 1. The molecule has 7 heteroatoms. The number of hydrogen-bond acceptors (Lipinski definition) is 4. The zero-order valence-corrected chi connectivity index (χ0v) is 12.2. The number of carbonyl (C=O) groups excluding carboxylic acids is 1.